The molecule has 0 fully saturated rings. The molecule has 29 heavy (non-hydrogen) atoms. The molecule has 6 nitrogen and oxygen atoms in total. The number of imide groups is 1. The molecule has 2 heterocycles. The number of anilines is 1. The lowest BCUT2D eigenvalue weighted by Gasteiger charge is -2.16. The predicted molar refractivity (Wildman–Crippen MR) is 115 cm³/mol. The first kappa shape index (κ1) is 21.1. The highest BCUT2D eigenvalue weighted by Crippen LogP contribution is 2.33. The van der Waals surface area contributed by atoms with Crippen molar-refractivity contribution in [1.29, 1.82) is 0 Å². The molecule has 0 radical (unpaired) electrons. The second kappa shape index (κ2) is 9.71. The minimum atomic E-state index is -0.315. The van der Waals surface area contributed by atoms with Crippen LogP contribution in [0.5, 0.6) is 5.75 Å². The van der Waals surface area contributed by atoms with Crippen molar-refractivity contribution in [3.05, 3.63) is 52.4 Å². The third-order valence-electron chi connectivity index (χ3n) is 4.33. The monoisotopic (exact) mass is 414 g/mol. The van der Waals surface area contributed by atoms with E-state index in [-0.39, 0.29) is 17.9 Å². The van der Waals surface area contributed by atoms with Gasteiger partial charge in [-0.2, -0.15) is 0 Å². The van der Waals surface area contributed by atoms with Gasteiger partial charge < -0.3 is 14.8 Å². The maximum Gasteiger partial charge on any atom is 0.278 e. The fourth-order valence-electron chi connectivity index (χ4n) is 3.06. The van der Waals surface area contributed by atoms with Crippen molar-refractivity contribution in [2.45, 2.75) is 33.3 Å². The normalized spacial score (nSPS) is 14.3. The molecule has 0 atom stereocenters. The Morgan fingerprint density at radius 2 is 1.97 bits per heavy atom. The van der Waals surface area contributed by atoms with Gasteiger partial charge in [-0.25, -0.2) is 0 Å². The Morgan fingerprint density at radius 3 is 2.66 bits per heavy atom. The zero-order valence-corrected chi connectivity index (χ0v) is 17.8. The van der Waals surface area contributed by atoms with E-state index in [4.69, 9.17) is 9.47 Å². The van der Waals surface area contributed by atoms with Gasteiger partial charge in [-0.1, -0.05) is 12.1 Å². The van der Waals surface area contributed by atoms with Crippen LogP contribution in [0, 0.1) is 0 Å². The van der Waals surface area contributed by atoms with Crippen molar-refractivity contribution >= 4 is 34.4 Å². The number of carbonyl (C=O) groups excluding carboxylic acids is 2. The molecule has 1 aromatic carbocycles. The van der Waals surface area contributed by atoms with Crippen LogP contribution in [0.15, 0.2) is 47.5 Å². The number of ether oxygens (including phenoxy) is 2. The van der Waals surface area contributed by atoms with Gasteiger partial charge in [0.05, 0.1) is 18.3 Å². The fourth-order valence-corrected chi connectivity index (χ4v) is 3.83. The molecule has 0 unspecified atom stereocenters. The largest absolute Gasteiger partial charge is 0.494 e. The van der Waals surface area contributed by atoms with Gasteiger partial charge in [0, 0.05) is 29.8 Å². The summed E-state index contributed by atoms with van der Waals surface area (Å²) in [4.78, 5) is 28.2. The Morgan fingerprint density at radius 1 is 1.14 bits per heavy atom. The van der Waals surface area contributed by atoms with Crippen LogP contribution in [-0.2, 0) is 14.3 Å². The van der Waals surface area contributed by atoms with Crippen LogP contribution in [0.1, 0.15) is 32.1 Å². The summed E-state index contributed by atoms with van der Waals surface area (Å²) in [5.74, 6) is 0.116. The molecule has 0 bridgehead atoms. The summed E-state index contributed by atoms with van der Waals surface area (Å²) < 4.78 is 11.1. The van der Waals surface area contributed by atoms with Gasteiger partial charge in [0.2, 0.25) is 0 Å². The van der Waals surface area contributed by atoms with E-state index in [0.717, 1.165) is 4.88 Å². The van der Waals surface area contributed by atoms with E-state index < -0.39 is 0 Å². The van der Waals surface area contributed by atoms with Gasteiger partial charge in [0.15, 0.2) is 0 Å². The van der Waals surface area contributed by atoms with Gasteiger partial charge in [-0.15, -0.1) is 11.3 Å². The SMILES string of the molecule is CCOc1cccc(NC2=C(c3cccs3)C(=O)N(CCCOC(C)C)C2=O)c1. The molecular weight excluding hydrogens is 388 g/mol. The molecule has 0 aliphatic carbocycles. The van der Waals surface area contributed by atoms with Gasteiger partial charge in [-0.05, 0) is 50.8 Å². The first-order chi connectivity index (χ1) is 14.0. The zero-order chi connectivity index (χ0) is 20.8. The summed E-state index contributed by atoms with van der Waals surface area (Å²) in [6.07, 6.45) is 0.718. The number of rotatable bonds is 10. The molecule has 0 saturated heterocycles. The number of hydrogen-bond donors (Lipinski definition) is 1. The van der Waals surface area contributed by atoms with Crippen molar-refractivity contribution < 1.29 is 19.1 Å². The van der Waals surface area contributed by atoms with Crippen LogP contribution in [0.4, 0.5) is 5.69 Å². The smallest absolute Gasteiger partial charge is 0.278 e. The Bertz CT molecular complexity index is 890. The minimum absolute atomic E-state index is 0.120. The number of benzene rings is 1. The molecule has 1 N–H and O–H groups in total. The molecule has 0 saturated carbocycles. The molecule has 154 valence electrons. The van der Waals surface area contributed by atoms with Crippen LogP contribution in [0.2, 0.25) is 0 Å². The maximum atomic E-state index is 13.1. The van der Waals surface area contributed by atoms with E-state index in [1.165, 1.54) is 16.2 Å². The van der Waals surface area contributed by atoms with Crippen molar-refractivity contribution in [1.82, 2.24) is 4.90 Å². The van der Waals surface area contributed by atoms with Crippen molar-refractivity contribution in [2.24, 2.45) is 0 Å². The second-order valence-electron chi connectivity index (χ2n) is 6.85. The molecule has 2 aromatic rings. The van der Waals surface area contributed by atoms with Crippen molar-refractivity contribution in [3.63, 3.8) is 0 Å². The quantitative estimate of drug-likeness (QED) is 0.467. The lowest BCUT2D eigenvalue weighted by Crippen LogP contribution is -2.34. The first-order valence-corrected chi connectivity index (χ1v) is 10.6. The van der Waals surface area contributed by atoms with Gasteiger partial charge in [-0.3, -0.25) is 14.5 Å². The van der Waals surface area contributed by atoms with Crippen LogP contribution in [0.25, 0.3) is 5.57 Å². The van der Waals surface area contributed by atoms with E-state index in [9.17, 15) is 9.59 Å². The predicted octanol–water partition coefficient (Wildman–Crippen LogP) is 4.15. The van der Waals surface area contributed by atoms with Gasteiger partial charge in [0.1, 0.15) is 11.4 Å². The summed E-state index contributed by atoms with van der Waals surface area (Å²) in [6, 6.07) is 11.1. The average molecular weight is 415 g/mol. The van der Waals surface area contributed by atoms with Crippen LogP contribution >= 0.6 is 11.3 Å². The van der Waals surface area contributed by atoms with Crippen LogP contribution in [-0.4, -0.2) is 42.6 Å². The summed E-state index contributed by atoms with van der Waals surface area (Å²) in [5.41, 5.74) is 1.42. The van der Waals surface area contributed by atoms with Gasteiger partial charge in [0.25, 0.3) is 11.8 Å². The minimum Gasteiger partial charge on any atom is -0.494 e. The Labute approximate surface area is 175 Å². The molecule has 1 aromatic heterocycles. The van der Waals surface area contributed by atoms with E-state index >= 15 is 0 Å². The number of nitrogens with zero attached hydrogens (tertiary/aromatic N) is 1. The molecule has 0 spiro atoms. The van der Waals surface area contributed by atoms with Crippen LogP contribution in [0.3, 0.4) is 0 Å². The van der Waals surface area contributed by atoms with E-state index in [1.807, 2.05) is 62.5 Å². The van der Waals surface area contributed by atoms with E-state index in [0.29, 0.717) is 48.9 Å². The zero-order valence-electron chi connectivity index (χ0n) is 16.9. The lowest BCUT2D eigenvalue weighted by atomic mass is 10.2. The lowest BCUT2D eigenvalue weighted by molar-refractivity contribution is -0.137. The summed E-state index contributed by atoms with van der Waals surface area (Å²) in [6.45, 7) is 7.21. The molecule has 3 rings (SSSR count). The van der Waals surface area contributed by atoms with E-state index in [2.05, 4.69) is 5.32 Å². The maximum absolute atomic E-state index is 13.1. The molecule has 2 amide bonds. The highest BCUT2D eigenvalue weighted by Gasteiger charge is 2.39. The van der Waals surface area contributed by atoms with Crippen molar-refractivity contribution in [3.8, 4) is 5.75 Å². The molecular formula is C22H26N2O4S. The van der Waals surface area contributed by atoms with Crippen LogP contribution < -0.4 is 10.1 Å². The number of amides is 2. The fraction of sp³-hybridized carbons (Fsp3) is 0.364. The Hall–Kier alpha value is -2.64. The number of nitrogens with one attached hydrogen (secondary N) is 1. The first-order valence-electron chi connectivity index (χ1n) is 9.77. The molecule has 1 aliphatic rings. The number of thiophene rings is 1. The second-order valence-corrected chi connectivity index (χ2v) is 7.80. The number of hydrogen-bond acceptors (Lipinski definition) is 6. The van der Waals surface area contributed by atoms with Crippen molar-refractivity contribution in [2.75, 3.05) is 25.1 Å². The Kier molecular flexibility index (Phi) is 7.06. The molecule has 7 heteroatoms. The average Bonchev–Trinajstić information content (AvgIpc) is 3.28. The third-order valence-corrected chi connectivity index (χ3v) is 5.21. The summed E-state index contributed by atoms with van der Waals surface area (Å²) in [7, 11) is 0. The topological polar surface area (TPSA) is 67.9 Å². The van der Waals surface area contributed by atoms with Gasteiger partial charge >= 0.3 is 0 Å². The summed E-state index contributed by atoms with van der Waals surface area (Å²) in [5, 5.41) is 5.06. The standard InChI is InChI=1S/C22H26N2O4S/c1-4-27-17-9-5-8-16(14-17)23-20-19(18-10-6-13-29-18)21(25)24(22(20)26)11-7-12-28-15(2)3/h5-6,8-10,13-15,23H,4,7,11-12H2,1-3H3. The third kappa shape index (κ3) is 5.05. The Balaban J connectivity index is 1.83. The highest BCUT2D eigenvalue weighted by molar-refractivity contribution is 7.11. The number of carbonyl (C=O) groups is 2. The van der Waals surface area contributed by atoms with E-state index in [1.54, 1.807) is 0 Å². The summed E-state index contributed by atoms with van der Waals surface area (Å²) >= 11 is 1.44. The highest BCUT2D eigenvalue weighted by atomic mass is 32.1. The molecule has 1 aliphatic heterocycles.